The highest BCUT2D eigenvalue weighted by molar-refractivity contribution is 5.81. The normalized spacial score (nSPS) is 26.5. The zero-order valence-electron chi connectivity index (χ0n) is 8.07. The van der Waals surface area contributed by atoms with Crippen LogP contribution in [0, 0.1) is 0 Å². The second kappa shape index (κ2) is 3.89. The monoisotopic (exact) mass is 186 g/mol. The van der Waals surface area contributed by atoms with Gasteiger partial charge in [0.05, 0.1) is 13.7 Å². The molecule has 0 radical (unpaired) electrons. The minimum atomic E-state index is -0.550. The first-order chi connectivity index (χ1) is 6.03. The van der Waals surface area contributed by atoms with Crippen molar-refractivity contribution < 1.29 is 19.0 Å². The number of carbonyl (C=O) groups is 1. The second-order valence-electron chi connectivity index (χ2n) is 3.25. The summed E-state index contributed by atoms with van der Waals surface area (Å²) in [4.78, 5) is 10.7. The van der Waals surface area contributed by atoms with E-state index >= 15 is 0 Å². The molecular weight excluding hydrogens is 172 g/mol. The molecule has 0 saturated carbocycles. The van der Waals surface area contributed by atoms with E-state index in [1.807, 2.05) is 13.8 Å². The summed E-state index contributed by atoms with van der Waals surface area (Å²) in [5.74, 6) is -0.932. The lowest BCUT2D eigenvalue weighted by molar-refractivity contribution is -0.136. The van der Waals surface area contributed by atoms with Gasteiger partial charge in [0, 0.05) is 6.08 Å². The van der Waals surface area contributed by atoms with Gasteiger partial charge in [0.25, 0.3) is 0 Å². The van der Waals surface area contributed by atoms with Crippen LogP contribution in [0.3, 0.4) is 0 Å². The number of rotatable bonds is 2. The Kier molecular flexibility index (Phi) is 3.06. The molecule has 0 unspecified atom stereocenters. The molecule has 0 bridgehead atoms. The Balaban J connectivity index is 2.40. The Hall–Kier alpha value is -0.870. The van der Waals surface area contributed by atoms with E-state index in [9.17, 15) is 4.79 Å². The van der Waals surface area contributed by atoms with Crippen molar-refractivity contribution in [2.75, 3.05) is 13.7 Å². The molecule has 1 atom stereocenters. The van der Waals surface area contributed by atoms with Gasteiger partial charge in [-0.15, -0.1) is 0 Å². The molecule has 1 fully saturated rings. The van der Waals surface area contributed by atoms with E-state index in [0.29, 0.717) is 6.61 Å². The van der Waals surface area contributed by atoms with Crippen molar-refractivity contribution in [1.29, 1.82) is 0 Å². The third kappa shape index (κ3) is 3.16. The summed E-state index contributed by atoms with van der Waals surface area (Å²) in [6.07, 6.45) is 2.82. The van der Waals surface area contributed by atoms with Crippen LogP contribution >= 0.6 is 0 Å². The molecule has 1 aliphatic rings. The van der Waals surface area contributed by atoms with E-state index in [2.05, 4.69) is 4.74 Å². The molecule has 1 heterocycles. The lowest BCUT2D eigenvalue weighted by Crippen LogP contribution is -2.20. The SMILES string of the molecule is COC(=O)/C=C/[C@@H]1COC(C)(C)O1. The topological polar surface area (TPSA) is 44.8 Å². The van der Waals surface area contributed by atoms with Crippen molar-refractivity contribution >= 4 is 5.97 Å². The van der Waals surface area contributed by atoms with Gasteiger partial charge in [0.1, 0.15) is 6.10 Å². The lowest BCUT2D eigenvalue weighted by Gasteiger charge is -2.15. The minimum absolute atomic E-state index is 0.158. The number of carbonyl (C=O) groups excluding carboxylic acids is 1. The van der Waals surface area contributed by atoms with Crippen LogP contribution in [0.25, 0.3) is 0 Å². The van der Waals surface area contributed by atoms with Gasteiger partial charge in [-0.25, -0.2) is 4.79 Å². The number of hydrogen-bond acceptors (Lipinski definition) is 4. The van der Waals surface area contributed by atoms with Gasteiger partial charge in [-0.1, -0.05) is 0 Å². The molecular formula is C9H14O4. The summed E-state index contributed by atoms with van der Waals surface area (Å²) in [5, 5.41) is 0. The van der Waals surface area contributed by atoms with Gasteiger partial charge in [-0.3, -0.25) is 0 Å². The van der Waals surface area contributed by atoms with Crippen LogP contribution in [-0.4, -0.2) is 31.6 Å². The molecule has 13 heavy (non-hydrogen) atoms. The van der Waals surface area contributed by atoms with E-state index in [1.165, 1.54) is 13.2 Å². The maximum Gasteiger partial charge on any atom is 0.330 e. The standard InChI is InChI=1S/C9H14O4/c1-9(2)12-6-7(13-9)4-5-8(10)11-3/h4-5,7H,6H2,1-3H3/b5-4+/t7-/m1/s1. The highest BCUT2D eigenvalue weighted by Crippen LogP contribution is 2.22. The van der Waals surface area contributed by atoms with Crippen molar-refractivity contribution in [3.63, 3.8) is 0 Å². The number of methoxy groups -OCH3 is 1. The maximum atomic E-state index is 10.7. The molecule has 4 heteroatoms. The first kappa shape index (κ1) is 10.2. The first-order valence-electron chi connectivity index (χ1n) is 4.11. The number of ether oxygens (including phenoxy) is 3. The summed E-state index contributed by atoms with van der Waals surface area (Å²) < 4.78 is 15.2. The van der Waals surface area contributed by atoms with Crippen LogP contribution in [0.2, 0.25) is 0 Å². The van der Waals surface area contributed by atoms with E-state index < -0.39 is 5.79 Å². The third-order valence-corrected chi connectivity index (χ3v) is 1.68. The third-order valence-electron chi connectivity index (χ3n) is 1.68. The summed E-state index contributed by atoms with van der Waals surface area (Å²) in [6, 6.07) is 0. The van der Waals surface area contributed by atoms with Gasteiger partial charge in [-0.05, 0) is 19.9 Å². The van der Waals surface area contributed by atoms with Crippen LogP contribution in [0.5, 0.6) is 0 Å². The first-order valence-corrected chi connectivity index (χ1v) is 4.11. The second-order valence-corrected chi connectivity index (χ2v) is 3.25. The predicted molar refractivity (Wildman–Crippen MR) is 46.1 cm³/mol. The van der Waals surface area contributed by atoms with Gasteiger partial charge >= 0.3 is 5.97 Å². The molecule has 0 aromatic carbocycles. The van der Waals surface area contributed by atoms with E-state index in [-0.39, 0.29) is 12.1 Å². The Labute approximate surface area is 77.5 Å². The molecule has 1 saturated heterocycles. The van der Waals surface area contributed by atoms with Gasteiger partial charge in [0.15, 0.2) is 5.79 Å². The summed E-state index contributed by atoms with van der Waals surface area (Å²) in [7, 11) is 1.34. The van der Waals surface area contributed by atoms with E-state index in [1.54, 1.807) is 6.08 Å². The van der Waals surface area contributed by atoms with Crippen LogP contribution in [-0.2, 0) is 19.0 Å². The highest BCUT2D eigenvalue weighted by Gasteiger charge is 2.30. The smallest absolute Gasteiger partial charge is 0.330 e. The fraction of sp³-hybridized carbons (Fsp3) is 0.667. The fourth-order valence-corrected chi connectivity index (χ4v) is 1.06. The molecule has 0 aromatic heterocycles. The van der Waals surface area contributed by atoms with Crippen LogP contribution in [0.1, 0.15) is 13.8 Å². The molecule has 0 N–H and O–H groups in total. The molecule has 4 nitrogen and oxygen atoms in total. The Morgan fingerprint density at radius 3 is 2.77 bits per heavy atom. The molecule has 0 aliphatic carbocycles. The van der Waals surface area contributed by atoms with Crippen LogP contribution in [0.4, 0.5) is 0 Å². The van der Waals surface area contributed by atoms with E-state index in [0.717, 1.165) is 0 Å². The summed E-state index contributed by atoms with van der Waals surface area (Å²) in [5.41, 5.74) is 0. The average molecular weight is 186 g/mol. The minimum Gasteiger partial charge on any atom is -0.466 e. The highest BCUT2D eigenvalue weighted by atomic mass is 16.7. The van der Waals surface area contributed by atoms with Crippen molar-refractivity contribution in [3.05, 3.63) is 12.2 Å². The van der Waals surface area contributed by atoms with Crippen molar-refractivity contribution in [3.8, 4) is 0 Å². The Morgan fingerprint density at radius 2 is 2.31 bits per heavy atom. The molecule has 0 spiro atoms. The van der Waals surface area contributed by atoms with Crippen molar-refractivity contribution in [2.24, 2.45) is 0 Å². The summed E-state index contributed by atoms with van der Waals surface area (Å²) in [6.45, 7) is 4.14. The van der Waals surface area contributed by atoms with E-state index in [4.69, 9.17) is 9.47 Å². The zero-order valence-corrected chi connectivity index (χ0v) is 8.07. The van der Waals surface area contributed by atoms with Crippen LogP contribution in [0.15, 0.2) is 12.2 Å². The van der Waals surface area contributed by atoms with Crippen molar-refractivity contribution in [1.82, 2.24) is 0 Å². The Morgan fingerprint density at radius 1 is 1.62 bits per heavy atom. The van der Waals surface area contributed by atoms with Crippen molar-refractivity contribution in [2.45, 2.75) is 25.7 Å². The lowest BCUT2D eigenvalue weighted by atomic mass is 10.3. The summed E-state index contributed by atoms with van der Waals surface area (Å²) >= 11 is 0. The maximum absolute atomic E-state index is 10.7. The predicted octanol–water partition coefficient (Wildman–Crippen LogP) is 0.867. The molecule has 74 valence electrons. The van der Waals surface area contributed by atoms with Gasteiger partial charge in [0.2, 0.25) is 0 Å². The largest absolute Gasteiger partial charge is 0.466 e. The molecule has 1 aliphatic heterocycles. The molecule has 1 rings (SSSR count). The molecule has 0 aromatic rings. The van der Waals surface area contributed by atoms with Gasteiger partial charge < -0.3 is 14.2 Å². The number of esters is 1. The Bertz CT molecular complexity index is 220. The zero-order chi connectivity index (χ0) is 9.90. The van der Waals surface area contributed by atoms with Gasteiger partial charge in [-0.2, -0.15) is 0 Å². The fourth-order valence-electron chi connectivity index (χ4n) is 1.06. The average Bonchev–Trinajstić information content (AvgIpc) is 2.41. The van der Waals surface area contributed by atoms with Crippen LogP contribution < -0.4 is 0 Å². The quantitative estimate of drug-likeness (QED) is 0.474. The number of hydrogen-bond donors (Lipinski definition) is 0. The molecule has 0 amide bonds.